The number of carbonyl (C=O) groups excluding carboxylic acids is 1. The Bertz CT molecular complexity index is 478. The summed E-state index contributed by atoms with van der Waals surface area (Å²) in [6.07, 6.45) is 2.95. The molecular formula is C15H20BrNO3. The minimum absolute atomic E-state index is 0.151. The first-order valence-electron chi connectivity index (χ1n) is 7.00. The number of phenolic OH excluding ortho intramolecular Hbond substituents is 1. The molecule has 2 rings (SSSR count). The van der Waals surface area contributed by atoms with Crippen LogP contribution in [-0.2, 0) is 16.1 Å². The smallest absolute Gasteiger partial charge is 0.323 e. The van der Waals surface area contributed by atoms with Crippen molar-refractivity contribution in [1.82, 2.24) is 4.90 Å². The van der Waals surface area contributed by atoms with Crippen molar-refractivity contribution < 1.29 is 14.6 Å². The third-order valence-corrected chi connectivity index (χ3v) is 4.08. The Hall–Kier alpha value is -1.07. The van der Waals surface area contributed by atoms with E-state index in [-0.39, 0.29) is 17.8 Å². The van der Waals surface area contributed by atoms with Crippen LogP contribution in [0.4, 0.5) is 0 Å². The highest BCUT2D eigenvalue weighted by molar-refractivity contribution is 9.10. The molecule has 0 unspecified atom stereocenters. The third-order valence-electron chi connectivity index (χ3n) is 3.59. The Labute approximate surface area is 127 Å². The molecule has 5 heteroatoms. The van der Waals surface area contributed by atoms with Crippen LogP contribution in [0.2, 0.25) is 0 Å². The molecule has 4 nitrogen and oxygen atoms in total. The van der Waals surface area contributed by atoms with E-state index in [0.717, 1.165) is 35.8 Å². The van der Waals surface area contributed by atoms with E-state index in [2.05, 4.69) is 20.8 Å². The second kappa shape index (κ2) is 7.09. The van der Waals surface area contributed by atoms with Crippen molar-refractivity contribution in [1.29, 1.82) is 0 Å². The number of phenols is 1. The van der Waals surface area contributed by atoms with E-state index in [0.29, 0.717) is 13.2 Å². The summed E-state index contributed by atoms with van der Waals surface area (Å²) in [7, 11) is 0. The SMILES string of the molecule is CCOC(=O)[C@H]1CCCCN1Cc1cc(Br)ccc1O. The predicted molar refractivity (Wildman–Crippen MR) is 80.5 cm³/mol. The molecule has 0 aliphatic carbocycles. The summed E-state index contributed by atoms with van der Waals surface area (Å²) < 4.78 is 6.08. The highest BCUT2D eigenvalue weighted by atomic mass is 79.9. The van der Waals surface area contributed by atoms with Crippen LogP contribution >= 0.6 is 15.9 Å². The van der Waals surface area contributed by atoms with E-state index in [1.165, 1.54) is 0 Å². The summed E-state index contributed by atoms with van der Waals surface area (Å²) in [4.78, 5) is 14.1. The molecule has 1 heterocycles. The van der Waals surface area contributed by atoms with Gasteiger partial charge in [-0.25, -0.2) is 0 Å². The van der Waals surface area contributed by atoms with Gasteiger partial charge in [0.15, 0.2) is 0 Å². The molecule has 20 heavy (non-hydrogen) atoms. The molecule has 0 amide bonds. The van der Waals surface area contributed by atoms with E-state index >= 15 is 0 Å². The second-order valence-electron chi connectivity index (χ2n) is 5.01. The number of rotatable bonds is 4. The largest absolute Gasteiger partial charge is 0.508 e. The molecular weight excluding hydrogens is 322 g/mol. The molecule has 1 N–H and O–H groups in total. The van der Waals surface area contributed by atoms with Crippen molar-refractivity contribution in [3.05, 3.63) is 28.2 Å². The van der Waals surface area contributed by atoms with Crippen LogP contribution in [0.25, 0.3) is 0 Å². The first-order chi connectivity index (χ1) is 9.61. The van der Waals surface area contributed by atoms with Crippen LogP contribution in [0.1, 0.15) is 31.7 Å². The lowest BCUT2D eigenvalue weighted by molar-refractivity contribution is -0.151. The van der Waals surface area contributed by atoms with Crippen molar-refractivity contribution in [2.75, 3.05) is 13.2 Å². The summed E-state index contributed by atoms with van der Waals surface area (Å²) in [5.74, 6) is 0.114. The molecule has 110 valence electrons. The number of nitrogens with zero attached hydrogens (tertiary/aromatic N) is 1. The van der Waals surface area contributed by atoms with E-state index in [4.69, 9.17) is 4.74 Å². The van der Waals surface area contributed by atoms with Crippen molar-refractivity contribution in [2.45, 2.75) is 38.8 Å². The van der Waals surface area contributed by atoms with Crippen LogP contribution in [0.3, 0.4) is 0 Å². The maximum atomic E-state index is 12.0. The van der Waals surface area contributed by atoms with Gasteiger partial charge in [-0.2, -0.15) is 0 Å². The summed E-state index contributed by atoms with van der Waals surface area (Å²) in [6, 6.07) is 5.18. The normalized spacial score (nSPS) is 19.8. The lowest BCUT2D eigenvalue weighted by Gasteiger charge is -2.34. The van der Waals surface area contributed by atoms with Crippen LogP contribution < -0.4 is 0 Å². The molecule has 0 radical (unpaired) electrons. The summed E-state index contributed by atoms with van der Waals surface area (Å²) in [5, 5.41) is 9.93. The summed E-state index contributed by atoms with van der Waals surface area (Å²) in [5.41, 5.74) is 0.829. The van der Waals surface area contributed by atoms with E-state index in [1.807, 2.05) is 13.0 Å². The highest BCUT2D eigenvalue weighted by Crippen LogP contribution is 2.27. The Morgan fingerprint density at radius 3 is 3.05 bits per heavy atom. The van der Waals surface area contributed by atoms with Gasteiger partial charge in [-0.05, 0) is 44.5 Å². The van der Waals surface area contributed by atoms with Gasteiger partial charge in [-0.1, -0.05) is 22.4 Å². The van der Waals surface area contributed by atoms with Crippen LogP contribution in [0.5, 0.6) is 5.75 Å². The molecule has 1 aliphatic rings. The fraction of sp³-hybridized carbons (Fsp3) is 0.533. The lowest BCUT2D eigenvalue weighted by Crippen LogP contribution is -2.44. The standard InChI is InChI=1S/C15H20BrNO3/c1-2-20-15(19)13-5-3-4-8-17(13)10-11-9-12(16)6-7-14(11)18/h6-7,9,13,18H,2-5,8,10H2,1H3/t13-/m1/s1. The van der Waals surface area contributed by atoms with Gasteiger partial charge in [-0.15, -0.1) is 0 Å². The first kappa shape index (κ1) is 15.3. The average molecular weight is 342 g/mol. The molecule has 0 bridgehead atoms. The van der Waals surface area contributed by atoms with Gasteiger partial charge in [0.2, 0.25) is 0 Å². The van der Waals surface area contributed by atoms with Crippen molar-refractivity contribution in [2.24, 2.45) is 0 Å². The predicted octanol–water partition coefficient (Wildman–Crippen LogP) is 3.07. The van der Waals surface area contributed by atoms with Gasteiger partial charge in [0.1, 0.15) is 11.8 Å². The Morgan fingerprint density at radius 1 is 1.50 bits per heavy atom. The van der Waals surface area contributed by atoms with Crippen LogP contribution in [-0.4, -0.2) is 35.2 Å². The zero-order valence-electron chi connectivity index (χ0n) is 11.6. The third kappa shape index (κ3) is 3.73. The number of benzene rings is 1. The zero-order chi connectivity index (χ0) is 14.5. The van der Waals surface area contributed by atoms with Gasteiger partial charge in [0, 0.05) is 16.6 Å². The molecule has 1 aromatic carbocycles. The van der Waals surface area contributed by atoms with Crippen LogP contribution in [0, 0.1) is 0 Å². The number of hydrogen-bond acceptors (Lipinski definition) is 4. The van der Waals surface area contributed by atoms with Gasteiger partial charge >= 0.3 is 5.97 Å². The monoisotopic (exact) mass is 341 g/mol. The summed E-state index contributed by atoms with van der Waals surface area (Å²) >= 11 is 3.41. The van der Waals surface area contributed by atoms with E-state index in [1.54, 1.807) is 12.1 Å². The second-order valence-corrected chi connectivity index (χ2v) is 5.92. The number of carbonyl (C=O) groups is 1. The molecule has 1 aliphatic heterocycles. The number of esters is 1. The maximum Gasteiger partial charge on any atom is 0.323 e. The number of likely N-dealkylation sites (tertiary alicyclic amines) is 1. The van der Waals surface area contributed by atoms with Crippen molar-refractivity contribution in [3.63, 3.8) is 0 Å². The van der Waals surface area contributed by atoms with Gasteiger partial charge < -0.3 is 9.84 Å². The number of halogens is 1. The van der Waals surface area contributed by atoms with Crippen LogP contribution in [0.15, 0.2) is 22.7 Å². The highest BCUT2D eigenvalue weighted by Gasteiger charge is 2.30. The molecule has 0 spiro atoms. The van der Waals surface area contributed by atoms with Gasteiger partial charge in [0.25, 0.3) is 0 Å². The van der Waals surface area contributed by atoms with Gasteiger partial charge in [-0.3, -0.25) is 9.69 Å². The minimum atomic E-state index is -0.193. The number of piperidine rings is 1. The Morgan fingerprint density at radius 2 is 2.30 bits per heavy atom. The number of aromatic hydroxyl groups is 1. The Balaban J connectivity index is 2.12. The lowest BCUT2D eigenvalue weighted by atomic mass is 10.0. The Kier molecular flexibility index (Phi) is 5.43. The van der Waals surface area contributed by atoms with E-state index in [9.17, 15) is 9.90 Å². The quantitative estimate of drug-likeness (QED) is 0.855. The molecule has 1 fully saturated rings. The fourth-order valence-corrected chi connectivity index (χ4v) is 2.99. The molecule has 0 saturated carbocycles. The van der Waals surface area contributed by atoms with Crippen molar-refractivity contribution in [3.8, 4) is 5.75 Å². The maximum absolute atomic E-state index is 12.0. The van der Waals surface area contributed by atoms with Gasteiger partial charge in [0.05, 0.1) is 6.61 Å². The average Bonchev–Trinajstić information content (AvgIpc) is 2.44. The molecule has 0 aromatic heterocycles. The van der Waals surface area contributed by atoms with E-state index < -0.39 is 0 Å². The molecule has 1 atom stereocenters. The first-order valence-corrected chi connectivity index (χ1v) is 7.79. The topological polar surface area (TPSA) is 49.8 Å². The number of hydrogen-bond donors (Lipinski definition) is 1. The zero-order valence-corrected chi connectivity index (χ0v) is 13.2. The minimum Gasteiger partial charge on any atom is -0.508 e. The van der Waals surface area contributed by atoms with Crippen molar-refractivity contribution >= 4 is 21.9 Å². The number of ether oxygens (including phenoxy) is 1. The molecule has 1 saturated heterocycles. The summed E-state index contributed by atoms with van der Waals surface area (Å²) in [6.45, 7) is 3.65. The fourth-order valence-electron chi connectivity index (χ4n) is 2.59. The molecule has 1 aromatic rings.